The van der Waals surface area contributed by atoms with Crippen LogP contribution in [0, 0.1) is 11.6 Å². The molecule has 214 valence electrons. The van der Waals surface area contributed by atoms with Crippen molar-refractivity contribution in [2.24, 2.45) is 0 Å². The number of hydrogen-bond donors (Lipinski definition) is 0. The lowest BCUT2D eigenvalue weighted by atomic mass is 10.0. The molecule has 0 aliphatic carbocycles. The van der Waals surface area contributed by atoms with Gasteiger partial charge in [-0.2, -0.15) is 4.98 Å². The maximum atomic E-state index is 15.0. The van der Waals surface area contributed by atoms with Crippen molar-refractivity contribution in [3.8, 4) is 11.1 Å². The van der Waals surface area contributed by atoms with Gasteiger partial charge < -0.3 is 19.3 Å². The van der Waals surface area contributed by atoms with Gasteiger partial charge >= 0.3 is 11.8 Å². The number of aromatic nitrogens is 2. The number of thioether (sulfide) groups is 1. The second-order valence-electron chi connectivity index (χ2n) is 11.0. The van der Waals surface area contributed by atoms with Gasteiger partial charge in [-0.3, -0.25) is 4.57 Å². The van der Waals surface area contributed by atoms with E-state index in [4.69, 9.17) is 21.1 Å². The Bertz CT molecular complexity index is 1540. The van der Waals surface area contributed by atoms with E-state index < -0.39 is 29.0 Å². The third-order valence-electron chi connectivity index (χ3n) is 7.04. The number of carbonyl (C=O) groups excluding carboxylic acids is 1. The molecule has 0 unspecified atom stereocenters. The Labute approximate surface area is 240 Å². The highest BCUT2D eigenvalue weighted by Gasteiger charge is 2.34. The van der Waals surface area contributed by atoms with Gasteiger partial charge in [0.05, 0.1) is 23.2 Å². The molecule has 0 saturated carbocycles. The van der Waals surface area contributed by atoms with Crippen molar-refractivity contribution in [1.29, 1.82) is 0 Å². The molecule has 1 aromatic heterocycles. The van der Waals surface area contributed by atoms with Crippen molar-refractivity contribution >= 4 is 46.2 Å². The van der Waals surface area contributed by atoms with Crippen LogP contribution in [-0.2, 0) is 16.0 Å². The largest absolute Gasteiger partial charge is 0.444 e. The summed E-state index contributed by atoms with van der Waals surface area (Å²) in [6, 6.07) is 4.86. The molecule has 8 nitrogen and oxygen atoms in total. The van der Waals surface area contributed by atoms with Crippen LogP contribution in [0.3, 0.4) is 0 Å². The number of nitrogens with zero attached hydrogens (tertiary/aromatic N) is 4. The second kappa shape index (κ2) is 10.8. The Balaban J connectivity index is 1.65. The number of carbonyl (C=O) groups is 1. The van der Waals surface area contributed by atoms with E-state index in [1.165, 1.54) is 23.9 Å². The first-order chi connectivity index (χ1) is 18.9. The maximum absolute atomic E-state index is 15.0. The van der Waals surface area contributed by atoms with Gasteiger partial charge in [-0.1, -0.05) is 11.6 Å². The Morgan fingerprint density at radius 1 is 1.18 bits per heavy atom. The van der Waals surface area contributed by atoms with Gasteiger partial charge in [0.25, 0.3) is 0 Å². The molecule has 0 bridgehead atoms. The van der Waals surface area contributed by atoms with E-state index >= 15 is 4.39 Å². The molecule has 2 aromatic carbocycles. The van der Waals surface area contributed by atoms with Gasteiger partial charge in [-0.25, -0.2) is 18.4 Å². The van der Waals surface area contributed by atoms with Gasteiger partial charge in [0.15, 0.2) is 0 Å². The molecular formula is C28H31ClF2N4O4S. The fraction of sp³-hybridized carbons (Fsp3) is 0.464. The predicted molar refractivity (Wildman–Crippen MR) is 153 cm³/mol. The highest BCUT2D eigenvalue weighted by molar-refractivity contribution is 7.99. The molecule has 0 spiro atoms. The van der Waals surface area contributed by atoms with E-state index in [1.54, 1.807) is 22.6 Å². The fourth-order valence-electron chi connectivity index (χ4n) is 5.17. The van der Waals surface area contributed by atoms with Gasteiger partial charge in [0, 0.05) is 66.0 Å². The molecule has 2 atom stereocenters. The van der Waals surface area contributed by atoms with Crippen LogP contribution in [0.15, 0.2) is 34.0 Å². The summed E-state index contributed by atoms with van der Waals surface area (Å²) in [6.45, 7) is 8.85. The molecule has 1 fully saturated rings. The van der Waals surface area contributed by atoms with Crippen LogP contribution in [-0.4, -0.2) is 70.8 Å². The van der Waals surface area contributed by atoms with Crippen LogP contribution in [0.5, 0.6) is 0 Å². The Hall–Kier alpha value is -2.89. The zero-order chi connectivity index (χ0) is 28.9. The maximum Gasteiger partial charge on any atom is 0.410 e. The minimum absolute atomic E-state index is 0.142. The first kappa shape index (κ1) is 28.6. The van der Waals surface area contributed by atoms with Gasteiger partial charge in [-0.15, -0.1) is 11.8 Å². The second-order valence-corrected chi connectivity index (χ2v) is 12.5. The molecule has 1 amide bonds. The van der Waals surface area contributed by atoms with Crippen molar-refractivity contribution in [2.45, 2.75) is 56.9 Å². The fourth-order valence-corrected chi connectivity index (χ4v) is 6.85. The zero-order valence-corrected chi connectivity index (χ0v) is 24.5. The van der Waals surface area contributed by atoms with Crippen molar-refractivity contribution in [3.63, 3.8) is 0 Å². The highest BCUT2D eigenvalue weighted by Crippen LogP contribution is 2.46. The SMILES string of the molecule is CO[C@@H]1CSc2c(-c3ccc(F)cc3F)c(Cl)cc3c(N4CCN(C(=O)OC(C)(C)C)C[C@@H]4C)nc(=O)n(c23)C1. The van der Waals surface area contributed by atoms with E-state index in [2.05, 4.69) is 4.98 Å². The Morgan fingerprint density at radius 3 is 2.58 bits per heavy atom. The lowest BCUT2D eigenvalue weighted by molar-refractivity contribution is 0.0218. The molecule has 2 aliphatic rings. The van der Waals surface area contributed by atoms with E-state index in [0.29, 0.717) is 52.6 Å². The Morgan fingerprint density at radius 2 is 1.93 bits per heavy atom. The van der Waals surface area contributed by atoms with Crippen molar-refractivity contribution in [2.75, 3.05) is 37.4 Å². The Kier molecular flexibility index (Phi) is 7.75. The molecule has 2 aliphatic heterocycles. The predicted octanol–water partition coefficient (Wildman–Crippen LogP) is 5.56. The number of hydrogen-bond acceptors (Lipinski definition) is 7. The van der Waals surface area contributed by atoms with E-state index in [9.17, 15) is 14.0 Å². The normalized spacial score (nSPS) is 19.6. The molecule has 3 aromatic rings. The smallest absolute Gasteiger partial charge is 0.410 e. The average molecular weight is 593 g/mol. The summed E-state index contributed by atoms with van der Waals surface area (Å²) in [5.74, 6) is -0.513. The number of ether oxygens (including phenoxy) is 2. The summed E-state index contributed by atoms with van der Waals surface area (Å²) in [4.78, 5) is 35.0. The summed E-state index contributed by atoms with van der Waals surface area (Å²) in [6.07, 6.45) is -0.691. The third kappa shape index (κ3) is 5.38. The molecule has 5 rings (SSSR count). The number of rotatable bonds is 3. The molecule has 3 heterocycles. The van der Waals surface area contributed by atoms with Crippen molar-refractivity contribution < 1.29 is 23.0 Å². The van der Waals surface area contributed by atoms with E-state index in [1.807, 2.05) is 32.6 Å². The van der Waals surface area contributed by atoms with E-state index in [-0.39, 0.29) is 29.3 Å². The van der Waals surface area contributed by atoms with Crippen LogP contribution < -0.4 is 10.6 Å². The minimum Gasteiger partial charge on any atom is -0.444 e. The van der Waals surface area contributed by atoms with E-state index in [0.717, 1.165) is 6.07 Å². The quantitative estimate of drug-likeness (QED) is 0.394. The molecule has 0 N–H and O–H groups in total. The lowest BCUT2D eigenvalue weighted by Gasteiger charge is -2.41. The molecule has 12 heteroatoms. The number of halogens is 3. The van der Waals surface area contributed by atoms with Crippen molar-refractivity contribution in [1.82, 2.24) is 14.5 Å². The van der Waals surface area contributed by atoms with Gasteiger partial charge in [-0.05, 0) is 45.9 Å². The monoisotopic (exact) mass is 592 g/mol. The number of amides is 1. The number of benzene rings is 2. The molecule has 1 saturated heterocycles. The van der Waals surface area contributed by atoms with Crippen LogP contribution in [0.2, 0.25) is 5.02 Å². The van der Waals surface area contributed by atoms with Crippen LogP contribution in [0.4, 0.5) is 19.4 Å². The lowest BCUT2D eigenvalue weighted by Crippen LogP contribution is -2.55. The zero-order valence-electron chi connectivity index (χ0n) is 23.0. The number of piperazine rings is 1. The number of anilines is 1. The van der Waals surface area contributed by atoms with Crippen LogP contribution in [0.25, 0.3) is 22.0 Å². The number of methoxy groups -OCH3 is 1. The highest BCUT2D eigenvalue weighted by atomic mass is 35.5. The summed E-state index contributed by atoms with van der Waals surface area (Å²) < 4.78 is 41.5. The topological polar surface area (TPSA) is 76.9 Å². The summed E-state index contributed by atoms with van der Waals surface area (Å²) in [7, 11) is 1.57. The van der Waals surface area contributed by atoms with Crippen LogP contribution >= 0.6 is 23.4 Å². The molecular weight excluding hydrogens is 562 g/mol. The van der Waals surface area contributed by atoms with Crippen molar-refractivity contribution in [3.05, 3.63) is 51.4 Å². The summed E-state index contributed by atoms with van der Waals surface area (Å²) in [5, 5.41) is 0.886. The first-order valence-corrected chi connectivity index (χ1v) is 14.4. The summed E-state index contributed by atoms with van der Waals surface area (Å²) in [5.41, 5.74) is 0.0238. The summed E-state index contributed by atoms with van der Waals surface area (Å²) >= 11 is 8.25. The van der Waals surface area contributed by atoms with Gasteiger partial charge in [0.2, 0.25) is 0 Å². The molecule has 0 radical (unpaired) electrons. The van der Waals surface area contributed by atoms with Gasteiger partial charge in [0.1, 0.15) is 23.1 Å². The molecule has 40 heavy (non-hydrogen) atoms. The first-order valence-electron chi connectivity index (χ1n) is 13.0. The standard InChI is InChI=1S/C28H31ClF2N4O4S/c1-15-12-33(27(37)39-28(2,3)4)8-9-34(15)25-19-11-20(29)22(18-7-6-16(30)10-21(18)31)24-23(19)35(26(36)32-25)13-17(38-5)14-40-24/h6-7,10-11,15,17H,8-9,12-14H2,1-5H3/t15-,17-/m0/s1. The average Bonchev–Trinajstić information content (AvgIpc) is 3.07. The van der Waals surface area contributed by atoms with Crippen LogP contribution in [0.1, 0.15) is 27.7 Å². The minimum atomic E-state index is -0.749. The third-order valence-corrected chi connectivity index (χ3v) is 8.56.